The van der Waals surface area contributed by atoms with Gasteiger partial charge in [0.2, 0.25) is 0 Å². The molecule has 0 saturated heterocycles. The van der Waals surface area contributed by atoms with E-state index >= 15 is 0 Å². The van der Waals surface area contributed by atoms with Crippen molar-refractivity contribution in [3.63, 3.8) is 0 Å². The van der Waals surface area contributed by atoms with Gasteiger partial charge in [-0.25, -0.2) is 0 Å². The average molecular weight is 340 g/mol. The van der Waals surface area contributed by atoms with Gasteiger partial charge >= 0.3 is 0 Å². The van der Waals surface area contributed by atoms with Crippen LogP contribution in [0.2, 0.25) is 0 Å². The second-order valence-corrected chi connectivity index (χ2v) is 7.10. The summed E-state index contributed by atoms with van der Waals surface area (Å²) in [6.07, 6.45) is 0. The molecule has 1 aromatic heterocycles. The molecule has 1 unspecified atom stereocenters. The summed E-state index contributed by atoms with van der Waals surface area (Å²) in [4.78, 5) is 1.32. The second-order valence-electron chi connectivity index (χ2n) is 4.55. The van der Waals surface area contributed by atoms with E-state index in [2.05, 4.69) is 59.4 Å². The van der Waals surface area contributed by atoms with Crippen LogP contribution in [0.15, 0.2) is 34.1 Å². The molecule has 2 rings (SSSR count). The monoisotopic (exact) mass is 339 g/mol. The van der Waals surface area contributed by atoms with E-state index in [-0.39, 0.29) is 6.04 Å². The van der Waals surface area contributed by atoms with E-state index in [1.165, 1.54) is 19.8 Å². The van der Waals surface area contributed by atoms with Crippen LogP contribution >= 0.6 is 27.3 Å². The van der Waals surface area contributed by atoms with Crippen molar-refractivity contribution < 1.29 is 4.74 Å². The van der Waals surface area contributed by atoms with Crippen LogP contribution in [0, 0.1) is 6.92 Å². The molecule has 0 fully saturated rings. The first kappa shape index (κ1) is 14.6. The van der Waals surface area contributed by atoms with E-state index in [4.69, 9.17) is 4.74 Å². The Morgan fingerprint density at radius 2 is 2.11 bits per heavy atom. The van der Waals surface area contributed by atoms with Gasteiger partial charge in [-0.1, -0.05) is 17.7 Å². The lowest BCUT2D eigenvalue weighted by atomic mass is 10.0. The normalized spacial score (nSPS) is 12.4. The van der Waals surface area contributed by atoms with E-state index in [1.54, 1.807) is 18.4 Å². The second kappa shape index (κ2) is 6.55. The number of methoxy groups -OCH3 is 1. The van der Waals surface area contributed by atoms with Gasteiger partial charge in [-0.05, 0) is 48.0 Å². The number of hydrogen-bond donors (Lipinski definition) is 1. The fourth-order valence-electron chi connectivity index (χ4n) is 2.00. The minimum absolute atomic E-state index is 0.260. The molecule has 4 heteroatoms. The van der Waals surface area contributed by atoms with Crippen LogP contribution in [0.5, 0.6) is 5.75 Å². The molecule has 19 heavy (non-hydrogen) atoms. The lowest BCUT2D eigenvalue weighted by molar-refractivity contribution is 0.401. The number of hydrogen-bond acceptors (Lipinski definition) is 3. The Bertz CT molecular complexity index is 553. The third-order valence-corrected chi connectivity index (χ3v) is 4.69. The van der Waals surface area contributed by atoms with Crippen LogP contribution in [0.1, 0.15) is 29.0 Å². The molecule has 1 aromatic carbocycles. The van der Waals surface area contributed by atoms with Crippen molar-refractivity contribution in [1.29, 1.82) is 0 Å². The number of benzene rings is 1. The van der Waals surface area contributed by atoms with E-state index < -0.39 is 0 Å². The minimum Gasteiger partial charge on any atom is -0.496 e. The van der Waals surface area contributed by atoms with Gasteiger partial charge in [0.05, 0.1) is 10.9 Å². The fourth-order valence-corrected chi connectivity index (χ4v) is 3.44. The molecule has 1 heterocycles. The largest absolute Gasteiger partial charge is 0.496 e. The molecule has 0 radical (unpaired) electrons. The highest BCUT2D eigenvalue weighted by atomic mass is 79.9. The first-order chi connectivity index (χ1) is 9.10. The van der Waals surface area contributed by atoms with Crippen LogP contribution in [0.4, 0.5) is 0 Å². The van der Waals surface area contributed by atoms with Crippen molar-refractivity contribution in [1.82, 2.24) is 5.32 Å². The molecule has 0 spiro atoms. The van der Waals surface area contributed by atoms with Crippen molar-refractivity contribution in [2.24, 2.45) is 0 Å². The standard InChI is InChI=1S/C15H18BrNOS/c1-10-4-6-14(18-3)13(8-10)11(2)17-9-12-5-7-15(16)19-12/h4-8,11,17H,9H2,1-3H3. The zero-order chi connectivity index (χ0) is 13.8. The third kappa shape index (κ3) is 3.81. The highest BCUT2D eigenvalue weighted by Crippen LogP contribution is 2.27. The maximum Gasteiger partial charge on any atom is 0.123 e. The fraction of sp³-hybridized carbons (Fsp3) is 0.333. The summed E-state index contributed by atoms with van der Waals surface area (Å²) in [5, 5.41) is 3.54. The topological polar surface area (TPSA) is 21.3 Å². The van der Waals surface area contributed by atoms with E-state index in [1.807, 2.05) is 6.07 Å². The SMILES string of the molecule is COc1ccc(C)cc1C(C)NCc1ccc(Br)s1. The predicted molar refractivity (Wildman–Crippen MR) is 85.0 cm³/mol. The van der Waals surface area contributed by atoms with Crippen LogP contribution in [0.25, 0.3) is 0 Å². The van der Waals surface area contributed by atoms with Crippen molar-refractivity contribution in [3.8, 4) is 5.75 Å². The third-order valence-electron chi connectivity index (χ3n) is 3.06. The summed E-state index contributed by atoms with van der Waals surface area (Å²) in [5.41, 5.74) is 2.46. The van der Waals surface area contributed by atoms with Crippen LogP contribution in [0.3, 0.4) is 0 Å². The Labute approximate surface area is 126 Å². The smallest absolute Gasteiger partial charge is 0.123 e. The highest BCUT2D eigenvalue weighted by Gasteiger charge is 2.11. The van der Waals surface area contributed by atoms with Gasteiger partial charge in [0, 0.05) is 23.0 Å². The number of ether oxygens (including phenoxy) is 1. The Morgan fingerprint density at radius 1 is 1.32 bits per heavy atom. The molecule has 1 atom stereocenters. The molecule has 0 aliphatic heterocycles. The minimum atomic E-state index is 0.260. The molecule has 0 saturated carbocycles. The van der Waals surface area contributed by atoms with E-state index in [0.717, 1.165) is 12.3 Å². The number of thiophene rings is 1. The van der Waals surface area contributed by atoms with Gasteiger partial charge in [-0.15, -0.1) is 11.3 Å². The highest BCUT2D eigenvalue weighted by molar-refractivity contribution is 9.11. The first-order valence-corrected chi connectivity index (χ1v) is 7.83. The quantitative estimate of drug-likeness (QED) is 0.853. The van der Waals surface area contributed by atoms with Crippen molar-refractivity contribution >= 4 is 27.3 Å². The molecule has 2 aromatic rings. The number of aryl methyl sites for hydroxylation is 1. The van der Waals surface area contributed by atoms with Crippen molar-refractivity contribution in [2.75, 3.05) is 7.11 Å². The van der Waals surface area contributed by atoms with Crippen molar-refractivity contribution in [2.45, 2.75) is 26.4 Å². The number of rotatable bonds is 5. The van der Waals surface area contributed by atoms with Gasteiger partial charge in [-0.3, -0.25) is 0 Å². The van der Waals surface area contributed by atoms with E-state index in [9.17, 15) is 0 Å². The molecule has 2 nitrogen and oxygen atoms in total. The molecule has 0 bridgehead atoms. The summed E-state index contributed by atoms with van der Waals surface area (Å²) in [6, 6.07) is 10.8. The molecule has 0 amide bonds. The molecule has 0 aliphatic rings. The molecule has 102 valence electrons. The van der Waals surface area contributed by atoms with Crippen LogP contribution < -0.4 is 10.1 Å². The van der Waals surface area contributed by atoms with Gasteiger partial charge in [0.25, 0.3) is 0 Å². The zero-order valence-electron chi connectivity index (χ0n) is 11.4. The van der Waals surface area contributed by atoms with E-state index in [0.29, 0.717) is 0 Å². The first-order valence-electron chi connectivity index (χ1n) is 6.22. The van der Waals surface area contributed by atoms with Crippen LogP contribution in [-0.2, 0) is 6.54 Å². The number of halogens is 1. The Balaban J connectivity index is 2.06. The lowest BCUT2D eigenvalue weighted by Gasteiger charge is -2.17. The van der Waals surface area contributed by atoms with Crippen molar-refractivity contribution in [3.05, 3.63) is 50.1 Å². The Morgan fingerprint density at radius 3 is 2.74 bits per heavy atom. The average Bonchev–Trinajstić information content (AvgIpc) is 2.81. The summed E-state index contributed by atoms with van der Waals surface area (Å²) in [5.74, 6) is 0.943. The summed E-state index contributed by atoms with van der Waals surface area (Å²) >= 11 is 5.25. The lowest BCUT2D eigenvalue weighted by Crippen LogP contribution is -2.18. The number of nitrogens with one attached hydrogen (secondary N) is 1. The summed E-state index contributed by atoms with van der Waals surface area (Å²) in [7, 11) is 1.72. The molecular weight excluding hydrogens is 322 g/mol. The summed E-state index contributed by atoms with van der Waals surface area (Å²) in [6.45, 7) is 5.14. The molecule has 0 aliphatic carbocycles. The Kier molecular flexibility index (Phi) is 5.02. The van der Waals surface area contributed by atoms with Crippen LogP contribution in [-0.4, -0.2) is 7.11 Å². The zero-order valence-corrected chi connectivity index (χ0v) is 13.8. The van der Waals surface area contributed by atoms with Gasteiger partial charge < -0.3 is 10.1 Å². The van der Waals surface area contributed by atoms with Gasteiger partial charge in [-0.2, -0.15) is 0 Å². The molecule has 1 N–H and O–H groups in total. The maximum atomic E-state index is 5.43. The molecular formula is C15H18BrNOS. The Hall–Kier alpha value is -0.840. The predicted octanol–water partition coefficient (Wildman–Crippen LogP) is 4.68. The summed E-state index contributed by atoms with van der Waals surface area (Å²) < 4.78 is 6.60. The van der Waals surface area contributed by atoms with Gasteiger partial charge in [0.1, 0.15) is 5.75 Å². The van der Waals surface area contributed by atoms with Gasteiger partial charge in [0.15, 0.2) is 0 Å². The maximum absolute atomic E-state index is 5.43.